The van der Waals surface area contributed by atoms with Crippen molar-refractivity contribution in [3.63, 3.8) is 0 Å². The van der Waals surface area contributed by atoms with Crippen molar-refractivity contribution in [2.24, 2.45) is 5.73 Å². The lowest BCUT2D eigenvalue weighted by Crippen LogP contribution is -2.33. The minimum Gasteiger partial charge on any atom is -0.394 e. The third-order valence-electron chi connectivity index (χ3n) is 3.35. The Morgan fingerprint density at radius 3 is 2.90 bits per heavy atom. The average Bonchev–Trinajstić information content (AvgIpc) is 2.79. The van der Waals surface area contributed by atoms with Gasteiger partial charge in [0.1, 0.15) is 11.9 Å². The van der Waals surface area contributed by atoms with Crippen molar-refractivity contribution >= 4 is 5.82 Å². The Kier molecular flexibility index (Phi) is 4.71. The lowest BCUT2D eigenvalue weighted by molar-refractivity contribution is -0.0530. The molecule has 0 amide bonds. The molecule has 2 rings (SSSR count). The number of nitrogens with zero attached hydrogens (tertiary/aromatic N) is 2. The average molecular weight is 284 g/mol. The van der Waals surface area contributed by atoms with Gasteiger partial charge < -0.3 is 26.4 Å². The van der Waals surface area contributed by atoms with E-state index in [0.717, 1.165) is 6.42 Å². The van der Waals surface area contributed by atoms with Gasteiger partial charge in [0.15, 0.2) is 6.23 Å². The summed E-state index contributed by atoms with van der Waals surface area (Å²) in [6.07, 6.45) is 0.956. The zero-order valence-electron chi connectivity index (χ0n) is 11.1. The van der Waals surface area contributed by atoms with Gasteiger partial charge in [-0.3, -0.25) is 4.57 Å². The van der Waals surface area contributed by atoms with Gasteiger partial charge in [0.25, 0.3) is 0 Å². The van der Waals surface area contributed by atoms with Crippen LogP contribution in [0.3, 0.4) is 0 Å². The number of rotatable bonds is 5. The first kappa shape index (κ1) is 14.9. The largest absolute Gasteiger partial charge is 0.394 e. The van der Waals surface area contributed by atoms with Crippen molar-refractivity contribution < 1.29 is 14.9 Å². The molecule has 8 heteroatoms. The molecular formula is C12H20N4O4. The Labute approximate surface area is 116 Å². The van der Waals surface area contributed by atoms with Crippen molar-refractivity contribution in [2.75, 3.05) is 18.9 Å². The predicted molar refractivity (Wildman–Crippen MR) is 71.9 cm³/mol. The number of hydrogen-bond donors (Lipinski definition) is 4. The van der Waals surface area contributed by atoms with E-state index in [9.17, 15) is 9.90 Å². The van der Waals surface area contributed by atoms with Gasteiger partial charge in [0.05, 0.1) is 12.7 Å². The molecule has 3 atom stereocenters. The van der Waals surface area contributed by atoms with Gasteiger partial charge in [-0.05, 0) is 19.4 Å². The lowest BCUT2D eigenvalue weighted by atomic mass is 10.1. The van der Waals surface area contributed by atoms with Gasteiger partial charge in [0.2, 0.25) is 0 Å². The number of aromatic nitrogens is 2. The Morgan fingerprint density at radius 2 is 2.30 bits per heavy atom. The smallest absolute Gasteiger partial charge is 0.351 e. The predicted octanol–water partition coefficient (Wildman–Crippen LogP) is -1.64. The number of aliphatic hydroxyl groups is 2. The van der Waals surface area contributed by atoms with Gasteiger partial charge in [-0.25, -0.2) is 4.79 Å². The zero-order valence-corrected chi connectivity index (χ0v) is 11.1. The molecule has 1 aromatic heterocycles. The summed E-state index contributed by atoms with van der Waals surface area (Å²) in [5, 5.41) is 19.0. The molecule has 6 N–H and O–H groups in total. The molecule has 0 saturated carbocycles. The quantitative estimate of drug-likeness (QED) is 0.509. The van der Waals surface area contributed by atoms with E-state index in [2.05, 4.69) is 4.98 Å². The van der Waals surface area contributed by atoms with Crippen LogP contribution in [-0.4, -0.2) is 45.1 Å². The van der Waals surface area contributed by atoms with Gasteiger partial charge in [-0.2, -0.15) is 4.98 Å². The highest BCUT2D eigenvalue weighted by Crippen LogP contribution is 2.28. The summed E-state index contributed by atoms with van der Waals surface area (Å²) in [6.45, 7) is 0.304. The number of aliphatic hydroxyl groups excluding tert-OH is 2. The number of aryl methyl sites for hydroxylation is 1. The molecule has 1 aromatic rings. The van der Waals surface area contributed by atoms with Crippen LogP contribution in [0.4, 0.5) is 5.82 Å². The van der Waals surface area contributed by atoms with E-state index in [-0.39, 0.29) is 18.8 Å². The van der Waals surface area contributed by atoms with Crippen LogP contribution in [0.15, 0.2) is 11.0 Å². The maximum absolute atomic E-state index is 11.9. The molecule has 20 heavy (non-hydrogen) atoms. The molecule has 0 aliphatic carbocycles. The van der Waals surface area contributed by atoms with Crippen molar-refractivity contribution in [3.05, 3.63) is 22.2 Å². The summed E-state index contributed by atoms with van der Waals surface area (Å²) in [5.74, 6) is 0.172. The highest BCUT2D eigenvalue weighted by Gasteiger charge is 2.35. The first-order valence-electron chi connectivity index (χ1n) is 6.58. The van der Waals surface area contributed by atoms with Crippen molar-refractivity contribution in [3.8, 4) is 0 Å². The molecule has 1 fully saturated rings. The second kappa shape index (κ2) is 6.31. The van der Waals surface area contributed by atoms with Crippen LogP contribution in [0.2, 0.25) is 0 Å². The summed E-state index contributed by atoms with van der Waals surface area (Å²) in [4.78, 5) is 15.6. The van der Waals surface area contributed by atoms with E-state index in [1.165, 1.54) is 4.57 Å². The topological polar surface area (TPSA) is 137 Å². The van der Waals surface area contributed by atoms with Crippen LogP contribution in [0.1, 0.15) is 24.6 Å². The van der Waals surface area contributed by atoms with Gasteiger partial charge in [0, 0.05) is 18.2 Å². The van der Waals surface area contributed by atoms with E-state index in [1.54, 1.807) is 6.20 Å². The highest BCUT2D eigenvalue weighted by molar-refractivity contribution is 5.36. The lowest BCUT2D eigenvalue weighted by Gasteiger charge is -2.18. The number of hydrogen-bond acceptors (Lipinski definition) is 7. The summed E-state index contributed by atoms with van der Waals surface area (Å²) in [5.41, 5.74) is 11.3. The minimum atomic E-state index is -0.863. The van der Waals surface area contributed by atoms with Crippen LogP contribution < -0.4 is 17.2 Å². The Bertz CT molecular complexity index is 519. The van der Waals surface area contributed by atoms with Crippen LogP contribution in [0, 0.1) is 0 Å². The summed E-state index contributed by atoms with van der Waals surface area (Å²) >= 11 is 0. The molecular weight excluding hydrogens is 264 g/mol. The van der Waals surface area contributed by atoms with E-state index in [1.807, 2.05) is 0 Å². The standard InChI is InChI=1S/C12H20N4O4/c13-3-1-2-7-5-16(12(19)15-10(7)14)11-9(18)4-8(6-17)20-11/h5,8-9,11,17-18H,1-4,6,13H2,(H2,14,15,19)/t8-,9?,11+/m0/s1. The summed E-state index contributed by atoms with van der Waals surface area (Å²) in [6, 6.07) is 0. The third kappa shape index (κ3) is 2.98. The van der Waals surface area contributed by atoms with Crippen LogP contribution in [-0.2, 0) is 11.2 Å². The molecule has 0 aromatic carbocycles. The molecule has 0 radical (unpaired) electrons. The molecule has 1 saturated heterocycles. The molecule has 1 unspecified atom stereocenters. The van der Waals surface area contributed by atoms with Crippen LogP contribution in [0.25, 0.3) is 0 Å². The number of nitrogen functional groups attached to an aromatic ring is 1. The normalized spacial score (nSPS) is 26.1. The second-order valence-corrected chi connectivity index (χ2v) is 4.87. The zero-order chi connectivity index (χ0) is 14.7. The fourth-order valence-electron chi connectivity index (χ4n) is 2.29. The van der Waals surface area contributed by atoms with E-state index >= 15 is 0 Å². The molecule has 1 aliphatic heterocycles. The summed E-state index contributed by atoms with van der Waals surface area (Å²) in [7, 11) is 0. The summed E-state index contributed by atoms with van der Waals surface area (Å²) < 4.78 is 6.67. The Morgan fingerprint density at radius 1 is 1.55 bits per heavy atom. The van der Waals surface area contributed by atoms with E-state index in [4.69, 9.17) is 21.3 Å². The van der Waals surface area contributed by atoms with Crippen molar-refractivity contribution in [1.82, 2.24) is 9.55 Å². The van der Waals surface area contributed by atoms with Crippen LogP contribution in [0.5, 0.6) is 0 Å². The second-order valence-electron chi connectivity index (χ2n) is 4.87. The Hall–Kier alpha value is -1.48. The highest BCUT2D eigenvalue weighted by atomic mass is 16.5. The Balaban J connectivity index is 2.29. The third-order valence-corrected chi connectivity index (χ3v) is 3.35. The van der Waals surface area contributed by atoms with E-state index in [0.29, 0.717) is 18.5 Å². The molecule has 0 bridgehead atoms. The first-order chi connectivity index (χ1) is 9.56. The first-order valence-corrected chi connectivity index (χ1v) is 6.58. The fourth-order valence-corrected chi connectivity index (χ4v) is 2.29. The van der Waals surface area contributed by atoms with Crippen molar-refractivity contribution in [2.45, 2.75) is 37.7 Å². The number of ether oxygens (including phenoxy) is 1. The fraction of sp³-hybridized carbons (Fsp3) is 0.667. The van der Waals surface area contributed by atoms with Gasteiger partial charge in [-0.1, -0.05) is 0 Å². The monoisotopic (exact) mass is 284 g/mol. The number of nitrogens with two attached hydrogens (primary N) is 2. The minimum absolute atomic E-state index is 0.172. The number of anilines is 1. The molecule has 2 heterocycles. The molecule has 0 spiro atoms. The van der Waals surface area contributed by atoms with Gasteiger partial charge in [-0.15, -0.1) is 0 Å². The maximum atomic E-state index is 11.9. The molecule has 1 aliphatic rings. The van der Waals surface area contributed by atoms with Gasteiger partial charge >= 0.3 is 5.69 Å². The molecule has 8 nitrogen and oxygen atoms in total. The van der Waals surface area contributed by atoms with Crippen molar-refractivity contribution in [1.29, 1.82) is 0 Å². The maximum Gasteiger partial charge on any atom is 0.351 e. The van der Waals surface area contributed by atoms with E-state index < -0.39 is 24.1 Å². The SMILES string of the molecule is NCCCc1cn([C@@H]2O[C@H](CO)CC2O)c(=O)nc1N. The van der Waals surface area contributed by atoms with Crippen LogP contribution >= 0.6 is 0 Å². The molecule has 112 valence electrons.